The maximum Gasteiger partial charge on any atom is 0.0657 e. The van der Waals surface area contributed by atoms with Crippen LogP contribution < -0.4 is 5.32 Å². The molecule has 1 saturated heterocycles. The fourth-order valence-corrected chi connectivity index (χ4v) is 1.68. The number of nitrogens with zero attached hydrogens (tertiary/aromatic N) is 1. The summed E-state index contributed by atoms with van der Waals surface area (Å²) in [5, 5.41) is 5.47. The Hall–Kier alpha value is -0.120. The molecule has 0 spiro atoms. The zero-order valence-electron chi connectivity index (χ0n) is 8.34. The minimum absolute atomic E-state index is 0.481. The first kappa shape index (κ1) is 9.96. The van der Waals surface area contributed by atoms with Crippen LogP contribution in [-0.4, -0.2) is 36.8 Å². The van der Waals surface area contributed by atoms with Crippen LogP contribution in [-0.2, 0) is 4.84 Å². The molecule has 0 saturated carbocycles. The van der Waals surface area contributed by atoms with E-state index in [0.717, 1.165) is 19.7 Å². The molecule has 1 N–H and O–H groups in total. The van der Waals surface area contributed by atoms with E-state index in [2.05, 4.69) is 24.2 Å². The van der Waals surface area contributed by atoms with Crippen molar-refractivity contribution in [3.63, 3.8) is 0 Å². The third kappa shape index (κ3) is 2.44. The van der Waals surface area contributed by atoms with Crippen LogP contribution in [0.25, 0.3) is 0 Å². The second kappa shape index (κ2) is 4.80. The van der Waals surface area contributed by atoms with Crippen LogP contribution in [0.3, 0.4) is 0 Å². The minimum atomic E-state index is 0.481. The highest BCUT2D eigenvalue weighted by molar-refractivity contribution is 4.78. The van der Waals surface area contributed by atoms with Crippen LogP contribution in [0, 0.1) is 0 Å². The molecule has 1 aliphatic rings. The molecule has 3 heteroatoms. The molecule has 1 fully saturated rings. The maximum atomic E-state index is 5.58. The predicted octanol–water partition coefficient (Wildman–Crippen LogP) is 1.01. The molecule has 1 unspecified atom stereocenters. The lowest BCUT2D eigenvalue weighted by atomic mass is 10.2. The summed E-state index contributed by atoms with van der Waals surface area (Å²) < 4.78 is 0. The Morgan fingerprint density at radius 1 is 1.58 bits per heavy atom. The van der Waals surface area contributed by atoms with Gasteiger partial charge in [-0.2, -0.15) is 5.06 Å². The first-order valence-electron chi connectivity index (χ1n) is 4.87. The van der Waals surface area contributed by atoms with Crippen LogP contribution in [0.5, 0.6) is 0 Å². The normalized spacial score (nSPS) is 24.2. The summed E-state index contributed by atoms with van der Waals surface area (Å²) in [6.07, 6.45) is 1.21. The summed E-state index contributed by atoms with van der Waals surface area (Å²) in [6.45, 7) is 9.35. The predicted molar refractivity (Wildman–Crippen MR) is 49.9 cm³/mol. The summed E-state index contributed by atoms with van der Waals surface area (Å²) in [4.78, 5) is 5.58. The summed E-state index contributed by atoms with van der Waals surface area (Å²) >= 11 is 0. The lowest BCUT2D eigenvalue weighted by Gasteiger charge is -2.30. The van der Waals surface area contributed by atoms with Crippen molar-refractivity contribution < 1.29 is 4.84 Å². The Balaban J connectivity index is 2.40. The topological polar surface area (TPSA) is 24.5 Å². The van der Waals surface area contributed by atoms with Crippen LogP contribution in [0.15, 0.2) is 0 Å². The molecule has 1 rings (SSSR count). The van der Waals surface area contributed by atoms with Gasteiger partial charge in [0.25, 0.3) is 0 Å². The Morgan fingerprint density at radius 2 is 2.33 bits per heavy atom. The summed E-state index contributed by atoms with van der Waals surface area (Å²) in [5.74, 6) is 0. The number of rotatable bonds is 4. The van der Waals surface area contributed by atoms with Crippen molar-refractivity contribution in [3.8, 4) is 0 Å². The molecule has 0 aromatic rings. The van der Waals surface area contributed by atoms with Gasteiger partial charge in [0, 0.05) is 18.6 Å². The van der Waals surface area contributed by atoms with Gasteiger partial charge in [0.2, 0.25) is 0 Å². The molecular formula is C9H20N2O. The molecule has 1 aliphatic heterocycles. The molecule has 3 nitrogen and oxygen atoms in total. The first-order chi connectivity index (χ1) is 5.75. The van der Waals surface area contributed by atoms with Crippen LogP contribution in [0.2, 0.25) is 0 Å². The number of hydrogen-bond donors (Lipinski definition) is 1. The van der Waals surface area contributed by atoms with Crippen molar-refractivity contribution in [2.75, 3.05) is 19.7 Å². The third-order valence-corrected chi connectivity index (χ3v) is 2.18. The van der Waals surface area contributed by atoms with E-state index in [-0.39, 0.29) is 0 Å². The van der Waals surface area contributed by atoms with E-state index in [0.29, 0.717) is 12.1 Å². The van der Waals surface area contributed by atoms with E-state index in [1.165, 1.54) is 6.42 Å². The molecule has 72 valence electrons. The smallest absolute Gasteiger partial charge is 0.0657 e. The fourth-order valence-electron chi connectivity index (χ4n) is 1.68. The SMILES string of the molecule is CCON(C(C)C)C1CCNC1. The largest absolute Gasteiger partial charge is 0.315 e. The van der Waals surface area contributed by atoms with E-state index in [1.807, 2.05) is 6.92 Å². The Labute approximate surface area is 75.0 Å². The second-order valence-electron chi connectivity index (χ2n) is 3.52. The third-order valence-electron chi connectivity index (χ3n) is 2.18. The zero-order valence-corrected chi connectivity index (χ0v) is 8.34. The van der Waals surface area contributed by atoms with Crippen LogP contribution >= 0.6 is 0 Å². The highest BCUT2D eigenvalue weighted by atomic mass is 16.7. The molecule has 0 aromatic carbocycles. The van der Waals surface area contributed by atoms with Gasteiger partial charge in [-0.15, -0.1) is 0 Å². The van der Waals surface area contributed by atoms with Crippen molar-refractivity contribution in [2.24, 2.45) is 0 Å². The minimum Gasteiger partial charge on any atom is -0.315 e. The lowest BCUT2D eigenvalue weighted by molar-refractivity contribution is -0.198. The molecule has 1 heterocycles. The Morgan fingerprint density at radius 3 is 2.75 bits per heavy atom. The molecule has 1 atom stereocenters. The van der Waals surface area contributed by atoms with E-state index < -0.39 is 0 Å². The second-order valence-corrected chi connectivity index (χ2v) is 3.52. The summed E-state index contributed by atoms with van der Waals surface area (Å²) in [7, 11) is 0. The number of hydrogen-bond acceptors (Lipinski definition) is 3. The van der Waals surface area contributed by atoms with Crippen molar-refractivity contribution in [2.45, 2.75) is 39.3 Å². The fraction of sp³-hybridized carbons (Fsp3) is 1.00. The Kier molecular flexibility index (Phi) is 3.98. The van der Waals surface area contributed by atoms with E-state index in [1.54, 1.807) is 0 Å². The van der Waals surface area contributed by atoms with Gasteiger partial charge in [0.05, 0.1) is 6.61 Å². The highest BCUT2D eigenvalue weighted by Gasteiger charge is 2.24. The van der Waals surface area contributed by atoms with E-state index in [9.17, 15) is 0 Å². The maximum absolute atomic E-state index is 5.58. The molecule has 12 heavy (non-hydrogen) atoms. The monoisotopic (exact) mass is 172 g/mol. The lowest BCUT2D eigenvalue weighted by Crippen LogP contribution is -2.41. The van der Waals surface area contributed by atoms with Gasteiger partial charge in [-0.25, -0.2) is 0 Å². The van der Waals surface area contributed by atoms with Gasteiger partial charge in [-0.05, 0) is 33.7 Å². The van der Waals surface area contributed by atoms with Gasteiger partial charge in [0.15, 0.2) is 0 Å². The molecule has 0 radical (unpaired) electrons. The van der Waals surface area contributed by atoms with Crippen molar-refractivity contribution >= 4 is 0 Å². The molecule has 0 aliphatic carbocycles. The van der Waals surface area contributed by atoms with Crippen molar-refractivity contribution in [1.29, 1.82) is 0 Å². The van der Waals surface area contributed by atoms with Gasteiger partial charge >= 0.3 is 0 Å². The van der Waals surface area contributed by atoms with Crippen LogP contribution in [0.4, 0.5) is 0 Å². The zero-order chi connectivity index (χ0) is 8.97. The number of hydroxylamine groups is 2. The molecule has 0 bridgehead atoms. The van der Waals surface area contributed by atoms with Crippen LogP contribution in [0.1, 0.15) is 27.2 Å². The molecule has 0 aromatic heterocycles. The van der Waals surface area contributed by atoms with E-state index >= 15 is 0 Å². The van der Waals surface area contributed by atoms with Crippen molar-refractivity contribution in [1.82, 2.24) is 10.4 Å². The van der Waals surface area contributed by atoms with Crippen molar-refractivity contribution in [3.05, 3.63) is 0 Å². The summed E-state index contributed by atoms with van der Waals surface area (Å²) in [6, 6.07) is 1.06. The average Bonchev–Trinajstić information content (AvgIpc) is 2.51. The summed E-state index contributed by atoms with van der Waals surface area (Å²) in [5.41, 5.74) is 0. The average molecular weight is 172 g/mol. The van der Waals surface area contributed by atoms with Gasteiger partial charge in [-0.3, -0.25) is 4.84 Å². The van der Waals surface area contributed by atoms with Gasteiger partial charge in [0.1, 0.15) is 0 Å². The Bertz CT molecular complexity index is 122. The molecular weight excluding hydrogens is 152 g/mol. The standard InChI is InChI=1S/C9H20N2O/c1-4-12-11(8(2)3)9-5-6-10-7-9/h8-10H,4-7H2,1-3H3. The van der Waals surface area contributed by atoms with Gasteiger partial charge < -0.3 is 5.32 Å². The number of nitrogens with one attached hydrogen (secondary N) is 1. The van der Waals surface area contributed by atoms with E-state index in [4.69, 9.17) is 4.84 Å². The molecule has 0 amide bonds. The highest BCUT2D eigenvalue weighted by Crippen LogP contribution is 2.12. The first-order valence-corrected chi connectivity index (χ1v) is 4.87. The quantitative estimate of drug-likeness (QED) is 0.641. The van der Waals surface area contributed by atoms with Gasteiger partial charge in [-0.1, -0.05) is 0 Å².